The first-order chi connectivity index (χ1) is 15.3. The van der Waals surface area contributed by atoms with E-state index in [1.54, 1.807) is 68.5 Å². The predicted molar refractivity (Wildman–Crippen MR) is 122 cm³/mol. The van der Waals surface area contributed by atoms with Crippen molar-refractivity contribution in [1.29, 1.82) is 0 Å². The van der Waals surface area contributed by atoms with Gasteiger partial charge in [-0.05, 0) is 68.4 Å². The number of aromatic amines is 2. The van der Waals surface area contributed by atoms with Crippen LogP contribution in [0.4, 0.5) is 14.4 Å². The van der Waals surface area contributed by atoms with Gasteiger partial charge in [-0.25, -0.2) is 14.4 Å². The maximum absolute atomic E-state index is 11.3. The molecule has 0 bridgehead atoms. The lowest BCUT2D eigenvalue weighted by atomic mass is 10.2. The second-order valence-electron chi connectivity index (χ2n) is 9.89. The van der Waals surface area contributed by atoms with E-state index in [2.05, 4.69) is 14.9 Å². The van der Waals surface area contributed by atoms with E-state index in [9.17, 15) is 24.0 Å². The zero-order valence-electron chi connectivity index (χ0n) is 21.1. The third kappa shape index (κ3) is 17.0. The molecule has 0 saturated carbocycles. The van der Waals surface area contributed by atoms with Crippen LogP contribution in [0.3, 0.4) is 0 Å². The van der Waals surface area contributed by atoms with Gasteiger partial charge in [-0.1, -0.05) is 0 Å². The van der Waals surface area contributed by atoms with E-state index in [-0.39, 0.29) is 17.9 Å². The molecular formula is C22H35N3O9. The fourth-order valence-corrected chi connectivity index (χ4v) is 1.77. The Kier molecular flexibility index (Phi) is 11.3. The van der Waals surface area contributed by atoms with E-state index in [0.717, 1.165) is 0 Å². The molecule has 12 heteroatoms. The van der Waals surface area contributed by atoms with Gasteiger partial charge >= 0.3 is 18.4 Å². The van der Waals surface area contributed by atoms with Gasteiger partial charge in [0.25, 0.3) is 5.56 Å². The highest BCUT2D eigenvalue weighted by Gasteiger charge is 2.25. The van der Waals surface area contributed by atoms with E-state index >= 15 is 0 Å². The number of hydrogen-bond donors (Lipinski definition) is 2. The SMILES string of the molecule is CC(C)(C)OC(=O)N1C=CC(=O)C1.CC(C)(C)OC(=O)OC(=O)OC(C)(C)C.O=c1cc[nH][nH]1. The minimum absolute atomic E-state index is 0.0779. The number of aromatic nitrogens is 2. The molecule has 12 nitrogen and oxygen atoms in total. The molecule has 0 saturated heterocycles. The first-order valence-corrected chi connectivity index (χ1v) is 10.3. The highest BCUT2D eigenvalue weighted by atomic mass is 16.8. The molecule has 34 heavy (non-hydrogen) atoms. The Morgan fingerprint density at radius 3 is 1.56 bits per heavy atom. The van der Waals surface area contributed by atoms with Crippen molar-refractivity contribution >= 4 is 24.2 Å². The van der Waals surface area contributed by atoms with Crippen LogP contribution in [0, 0.1) is 0 Å². The number of H-pyrrole nitrogens is 2. The lowest BCUT2D eigenvalue weighted by Crippen LogP contribution is -2.33. The normalized spacial score (nSPS) is 13.1. The lowest BCUT2D eigenvalue weighted by Gasteiger charge is -2.22. The molecule has 0 aromatic carbocycles. The van der Waals surface area contributed by atoms with Gasteiger partial charge in [0.2, 0.25) is 0 Å². The number of nitrogens with one attached hydrogen (secondary N) is 2. The van der Waals surface area contributed by atoms with Crippen molar-refractivity contribution in [2.45, 2.75) is 79.1 Å². The molecule has 1 amide bonds. The highest BCUT2D eigenvalue weighted by molar-refractivity contribution is 5.96. The molecule has 0 aliphatic carbocycles. The fourth-order valence-electron chi connectivity index (χ4n) is 1.77. The highest BCUT2D eigenvalue weighted by Crippen LogP contribution is 2.13. The first-order valence-electron chi connectivity index (χ1n) is 10.3. The van der Waals surface area contributed by atoms with Crippen molar-refractivity contribution in [3.05, 3.63) is 34.9 Å². The largest absolute Gasteiger partial charge is 0.519 e. The number of carbonyl (C=O) groups excluding carboxylic acids is 4. The number of ether oxygens (including phenoxy) is 4. The quantitative estimate of drug-likeness (QED) is 0.316. The monoisotopic (exact) mass is 485 g/mol. The molecule has 1 aromatic rings. The van der Waals surface area contributed by atoms with Crippen LogP contribution in [0.2, 0.25) is 0 Å². The zero-order valence-corrected chi connectivity index (χ0v) is 21.1. The van der Waals surface area contributed by atoms with Gasteiger partial charge < -0.3 is 24.0 Å². The van der Waals surface area contributed by atoms with Gasteiger partial charge in [0.15, 0.2) is 5.78 Å². The summed E-state index contributed by atoms with van der Waals surface area (Å²) >= 11 is 0. The van der Waals surface area contributed by atoms with Crippen LogP contribution < -0.4 is 5.56 Å². The van der Waals surface area contributed by atoms with Gasteiger partial charge in [-0.15, -0.1) is 0 Å². The first kappa shape index (κ1) is 30.4. The van der Waals surface area contributed by atoms with Gasteiger partial charge in [0.1, 0.15) is 16.8 Å². The number of rotatable bonds is 0. The van der Waals surface area contributed by atoms with Crippen molar-refractivity contribution in [1.82, 2.24) is 15.1 Å². The Morgan fingerprint density at radius 2 is 1.29 bits per heavy atom. The Labute approximate surface area is 198 Å². The van der Waals surface area contributed by atoms with Crippen LogP contribution in [-0.4, -0.2) is 62.6 Å². The van der Waals surface area contributed by atoms with Crippen molar-refractivity contribution in [2.75, 3.05) is 6.54 Å². The maximum Gasteiger partial charge on any atom is 0.519 e. The molecule has 0 radical (unpaired) electrons. The molecule has 2 heterocycles. The number of hydrogen-bond acceptors (Lipinski definition) is 9. The standard InChI is InChI=1S/C10H18O5.C9H13NO3.C3H4N2O/c1-9(2,3)14-7(11)13-8(12)15-10(4,5)6;1-9(2,3)13-8(12)10-5-4-7(11)6-10;6-3-1-2-4-5-3/h1-6H3;4-5H,6H2,1-3H3;1-2H,(H2,4,5,6). The second-order valence-corrected chi connectivity index (χ2v) is 9.89. The van der Waals surface area contributed by atoms with Crippen molar-refractivity contribution in [3.63, 3.8) is 0 Å². The summed E-state index contributed by atoms with van der Waals surface area (Å²) in [5.41, 5.74) is -2.00. The molecule has 2 N–H and O–H groups in total. The second kappa shape index (κ2) is 12.6. The topological polar surface area (TPSA) is 157 Å². The third-order valence-electron chi connectivity index (χ3n) is 2.85. The Hall–Kier alpha value is -3.57. The summed E-state index contributed by atoms with van der Waals surface area (Å²) in [7, 11) is 0. The number of nitrogens with zero attached hydrogens (tertiary/aromatic N) is 1. The summed E-state index contributed by atoms with van der Waals surface area (Å²) in [5, 5.41) is 4.81. The number of ketones is 1. The van der Waals surface area contributed by atoms with Crippen LogP contribution in [0.15, 0.2) is 29.3 Å². The molecular weight excluding hydrogens is 450 g/mol. The Morgan fingerprint density at radius 1 is 0.824 bits per heavy atom. The average Bonchev–Trinajstić information content (AvgIpc) is 3.21. The molecule has 0 unspecified atom stereocenters. The predicted octanol–water partition coefficient (Wildman–Crippen LogP) is 3.90. The molecule has 0 fully saturated rings. The zero-order chi connectivity index (χ0) is 26.7. The van der Waals surface area contributed by atoms with Crippen LogP contribution in [0.5, 0.6) is 0 Å². The van der Waals surface area contributed by atoms with Crippen LogP contribution in [0.1, 0.15) is 62.3 Å². The van der Waals surface area contributed by atoms with Gasteiger partial charge in [-0.3, -0.25) is 19.6 Å². The molecule has 1 aliphatic rings. The lowest BCUT2D eigenvalue weighted by molar-refractivity contribution is -0.114. The fraction of sp³-hybridized carbons (Fsp3) is 0.591. The van der Waals surface area contributed by atoms with Crippen molar-refractivity contribution in [3.8, 4) is 0 Å². The summed E-state index contributed by atoms with van der Waals surface area (Å²) in [5.74, 6) is -0.0779. The van der Waals surface area contributed by atoms with E-state index in [4.69, 9.17) is 14.2 Å². The summed E-state index contributed by atoms with van der Waals surface area (Å²) in [4.78, 5) is 55.4. The maximum atomic E-state index is 11.3. The van der Waals surface area contributed by atoms with Crippen LogP contribution in [0.25, 0.3) is 0 Å². The van der Waals surface area contributed by atoms with E-state index in [1.165, 1.54) is 23.2 Å². The van der Waals surface area contributed by atoms with Gasteiger partial charge in [0, 0.05) is 18.5 Å². The summed E-state index contributed by atoms with van der Waals surface area (Å²) < 4.78 is 18.9. The Balaban J connectivity index is 0.000000518. The van der Waals surface area contributed by atoms with E-state index in [1.807, 2.05) is 0 Å². The van der Waals surface area contributed by atoms with Gasteiger partial charge in [-0.2, -0.15) is 0 Å². The molecule has 1 aromatic heterocycles. The minimum Gasteiger partial charge on any atom is -0.443 e. The summed E-state index contributed by atoms with van der Waals surface area (Å²) in [6.07, 6.45) is 1.76. The van der Waals surface area contributed by atoms with Crippen LogP contribution >= 0.6 is 0 Å². The average molecular weight is 486 g/mol. The minimum atomic E-state index is -1.06. The molecule has 2 rings (SSSR count). The van der Waals surface area contributed by atoms with Crippen molar-refractivity contribution < 1.29 is 38.1 Å². The summed E-state index contributed by atoms with van der Waals surface area (Å²) in [6, 6.07) is 1.42. The summed E-state index contributed by atoms with van der Waals surface area (Å²) in [6.45, 7) is 15.5. The molecule has 0 atom stereocenters. The number of amides is 1. The van der Waals surface area contributed by atoms with Crippen molar-refractivity contribution in [2.24, 2.45) is 0 Å². The smallest absolute Gasteiger partial charge is 0.443 e. The molecule has 1 aliphatic heterocycles. The molecule has 192 valence electrons. The van der Waals surface area contributed by atoms with E-state index < -0.39 is 35.2 Å². The molecule has 0 spiro atoms. The third-order valence-corrected chi connectivity index (χ3v) is 2.85. The number of carbonyl (C=O) groups is 4. The Bertz CT molecular complexity index is 867. The van der Waals surface area contributed by atoms with Crippen LogP contribution in [-0.2, 0) is 23.7 Å². The van der Waals surface area contributed by atoms with Gasteiger partial charge in [0.05, 0.1) is 6.54 Å². The van der Waals surface area contributed by atoms with E-state index in [0.29, 0.717) is 0 Å².